The smallest absolute Gasteiger partial charge is 0.123 e. The molecule has 0 radical (unpaired) electrons. The molecule has 0 amide bonds. The fourth-order valence-corrected chi connectivity index (χ4v) is 2.98. The van der Waals surface area contributed by atoms with Gasteiger partial charge in [0.15, 0.2) is 0 Å². The molecule has 0 aliphatic carbocycles. The van der Waals surface area contributed by atoms with Crippen LogP contribution in [0, 0.1) is 11.6 Å². The molecule has 1 aliphatic heterocycles. The first-order chi connectivity index (χ1) is 10.1. The minimum absolute atomic E-state index is 0.0646. The highest BCUT2D eigenvalue weighted by atomic mass is 19.1. The number of rotatable bonds is 2. The Labute approximate surface area is 123 Å². The first-order valence-electron chi connectivity index (χ1n) is 7.10. The molecule has 3 rings (SSSR count). The zero-order chi connectivity index (χ0) is 14.8. The van der Waals surface area contributed by atoms with Gasteiger partial charge in [0, 0.05) is 13.1 Å². The molecule has 1 saturated heterocycles. The third-order valence-corrected chi connectivity index (χ3v) is 4.06. The maximum absolute atomic E-state index is 13.1. The second-order valence-corrected chi connectivity index (χ2v) is 5.46. The summed E-state index contributed by atoms with van der Waals surface area (Å²) in [5.74, 6) is -0.468. The van der Waals surface area contributed by atoms with Crippen LogP contribution in [0.5, 0.6) is 0 Å². The van der Waals surface area contributed by atoms with Gasteiger partial charge in [-0.1, -0.05) is 24.3 Å². The van der Waals surface area contributed by atoms with Gasteiger partial charge in [0.25, 0.3) is 0 Å². The average molecular weight is 288 g/mol. The SMILES string of the molecule is CN1CCNC(c2ccc(F)cc2)C1c1ccc(F)cc1. The van der Waals surface area contributed by atoms with Crippen molar-refractivity contribution in [2.45, 2.75) is 12.1 Å². The number of halogens is 2. The van der Waals surface area contributed by atoms with Crippen LogP contribution in [0.15, 0.2) is 48.5 Å². The summed E-state index contributed by atoms with van der Waals surface area (Å²) in [5, 5.41) is 3.49. The van der Waals surface area contributed by atoms with Crippen LogP contribution in [0.4, 0.5) is 8.78 Å². The first kappa shape index (κ1) is 14.2. The van der Waals surface area contributed by atoms with Gasteiger partial charge in [-0.2, -0.15) is 0 Å². The van der Waals surface area contributed by atoms with Crippen LogP contribution in [0.2, 0.25) is 0 Å². The van der Waals surface area contributed by atoms with E-state index in [1.807, 2.05) is 24.3 Å². The van der Waals surface area contributed by atoms with Crippen LogP contribution in [0.1, 0.15) is 23.2 Å². The molecule has 0 bridgehead atoms. The average Bonchev–Trinajstić information content (AvgIpc) is 2.49. The third-order valence-electron chi connectivity index (χ3n) is 4.06. The summed E-state index contributed by atoms with van der Waals surface area (Å²) in [6.07, 6.45) is 0. The molecule has 1 aliphatic rings. The lowest BCUT2D eigenvalue weighted by Gasteiger charge is -2.40. The highest BCUT2D eigenvalue weighted by Crippen LogP contribution is 2.35. The van der Waals surface area contributed by atoms with Crippen molar-refractivity contribution < 1.29 is 8.78 Å². The van der Waals surface area contributed by atoms with E-state index in [2.05, 4.69) is 17.3 Å². The normalized spacial score (nSPS) is 23.2. The molecule has 2 unspecified atom stereocenters. The van der Waals surface area contributed by atoms with E-state index in [0.717, 1.165) is 24.2 Å². The molecule has 0 saturated carbocycles. The number of hydrogen-bond acceptors (Lipinski definition) is 2. The van der Waals surface area contributed by atoms with Crippen LogP contribution in [-0.4, -0.2) is 25.0 Å². The van der Waals surface area contributed by atoms with Crippen LogP contribution >= 0.6 is 0 Å². The Morgan fingerprint density at radius 3 is 2.00 bits per heavy atom. The maximum atomic E-state index is 13.1. The monoisotopic (exact) mass is 288 g/mol. The van der Waals surface area contributed by atoms with E-state index in [9.17, 15) is 8.78 Å². The van der Waals surface area contributed by atoms with Crippen molar-refractivity contribution in [1.82, 2.24) is 10.2 Å². The molecule has 2 aromatic carbocycles. The zero-order valence-electron chi connectivity index (χ0n) is 11.9. The summed E-state index contributed by atoms with van der Waals surface area (Å²) in [4.78, 5) is 2.25. The van der Waals surface area contributed by atoms with E-state index in [-0.39, 0.29) is 23.7 Å². The predicted octanol–water partition coefficient (Wildman–Crippen LogP) is 3.28. The lowest BCUT2D eigenvalue weighted by molar-refractivity contribution is 0.151. The Bertz CT molecular complexity index is 595. The van der Waals surface area contributed by atoms with Crippen LogP contribution < -0.4 is 5.32 Å². The minimum atomic E-state index is -0.235. The van der Waals surface area contributed by atoms with Crippen molar-refractivity contribution in [2.75, 3.05) is 20.1 Å². The van der Waals surface area contributed by atoms with Gasteiger partial charge in [0.2, 0.25) is 0 Å². The maximum Gasteiger partial charge on any atom is 0.123 e. The van der Waals surface area contributed by atoms with Crippen molar-refractivity contribution in [3.8, 4) is 0 Å². The molecular weight excluding hydrogens is 270 g/mol. The predicted molar refractivity (Wildman–Crippen MR) is 78.9 cm³/mol. The Hall–Kier alpha value is -1.78. The van der Waals surface area contributed by atoms with E-state index in [0.29, 0.717) is 0 Å². The number of piperazine rings is 1. The van der Waals surface area contributed by atoms with Crippen molar-refractivity contribution in [2.24, 2.45) is 0 Å². The van der Waals surface area contributed by atoms with Crippen molar-refractivity contribution >= 4 is 0 Å². The van der Waals surface area contributed by atoms with Crippen LogP contribution in [-0.2, 0) is 0 Å². The van der Waals surface area contributed by atoms with Gasteiger partial charge in [-0.25, -0.2) is 8.78 Å². The summed E-state index contributed by atoms with van der Waals surface area (Å²) in [6.45, 7) is 1.79. The molecular formula is C17H18F2N2. The summed E-state index contributed by atoms with van der Waals surface area (Å²) < 4.78 is 26.3. The standard InChI is InChI=1S/C17H18F2N2/c1-21-11-10-20-16(12-2-6-14(18)7-3-12)17(21)13-4-8-15(19)9-5-13/h2-9,16-17,20H,10-11H2,1H3. The highest BCUT2D eigenvalue weighted by Gasteiger charge is 2.31. The lowest BCUT2D eigenvalue weighted by atomic mass is 9.90. The van der Waals surface area contributed by atoms with Gasteiger partial charge in [-0.05, 0) is 42.4 Å². The molecule has 2 nitrogen and oxygen atoms in total. The fraction of sp³-hybridized carbons (Fsp3) is 0.294. The summed E-state index contributed by atoms with van der Waals surface area (Å²) in [6, 6.07) is 13.4. The van der Waals surface area contributed by atoms with Crippen LogP contribution in [0.3, 0.4) is 0 Å². The molecule has 2 aromatic rings. The molecule has 4 heteroatoms. The Kier molecular flexibility index (Phi) is 3.99. The van der Waals surface area contributed by atoms with Gasteiger partial charge >= 0.3 is 0 Å². The first-order valence-corrected chi connectivity index (χ1v) is 7.10. The second kappa shape index (κ2) is 5.92. The molecule has 1 heterocycles. The third kappa shape index (κ3) is 2.96. The van der Waals surface area contributed by atoms with Crippen LogP contribution in [0.25, 0.3) is 0 Å². The molecule has 0 aromatic heterocycles. The molecule has 110 valence electrons. The van der Waals surface area contributed by atoms with Crippen molar-refractivity contribution in [1.29, 1.82) is 0 Å². The number of hydrogen-bond donors (Lipinski definition) is 1. The van der Waals surface area contributed by atoms with Gasteiger partial charge in [-0.3, -0.25) is 4.90 Å². The Morgan fingerprint density at radius 1 is 0.905 bits per heavy atom. The highest BCUT2D eigenvalue weighted by molar-refractivity contribution is 5.29. The Morgan fingerprint density at radius 2 is 1.43 bits per heavy atom. The van der Waals surface area contributed by atoms with Gasteiger partial charge in [-0.15, -0.1) is 0 Å². The second-order valence-electron chi connectivity index (χ2n) is 5.46. The van der Waals surface area contributed by atoms with Gasteiger partial charge < -0.3 is 5.32 Å². The topological polar surface area (TPSA) is 15.3 Å². The van der Waals surface area contributed by atoms with Gasteiger partial charge in [0.1, 0.15) is 11.6 Å². The van der Waals surface area contributed by atoms with E-state index >= 15 is 0 Å². The number of nitrogens with one attached hydrogen (secondary N) is 1. The van der Waals surface area contributed by atoms with Crippen molar-refractivity contribution in [3.05, 3.63) is 71.3 Å². The molecule has 2 atom stereocenters. The minimum Gasteiger partial charge on any atom is -0.307 e. The largest absolute Gasteiger partial charge is 0.307 e. The van der Waals surface area contributed by atoms with E-state index in [1.165, 1.54) is 24.3 Å². The molecule has 0 spiro atoms. The van der Waals surface area contributed by atoms with E-state index in [1.54, 1.807) is 0 Å². The Balaban J connectivity index is 1.96. The van der Waals surface area contributed by atoms with E-state index < -0.39 is 0 Å². The molecule has 1 N–H and O–H groups in total. The zero-order valence-corrected chi connectivity index (χ0v) is 11.9. The quantitative estimate of drug-likeness (QED) is 0.912. The number of likely N-dealkylation sites (N-methyl/N-ethyl adjacent to an activating group) is 1. The van der Waals surface area contributed by atoms with Gasteiger partial charge in [0.05, 0.1) is 12.1 Å². The van der Waals surface area contributed by atoms with Crippen molar-refractivity contribution in [3.63, 3.8) is 0 Å². The summed E-state index contributed by atoms with van der Waals surface area (Å²) >= 11 is 0. The molecule has 1 fully saturated rings. The molecule has 21 heavy (non-hydrogen) atoms. The lowest BCUT2D eigenvalue weighted by Crippen LogP contribution is -2.46. The van der Waals surface area contributed by atoms with E-state index in [4.69, 9.17) is 0 Å². The number of benzene rings is 2. The summed E-state index contributed by atoms with van der Waals surface area (Å²) in [7, 11) is 2.06. The summed E-state index contributed by atoms with van der Waals surface area (Å²) in [5.41, 5.74) is 2.10. The fourth-order valence-electron chi connectivity index (χ4n) is 2.98. The number of nitrogens with zero attached hydrogens (tertiary/aromatic N) is 1.